The molecule has 1 aliphatic heterocycles. The van der Waals surface area contributed by atoms with Gasteiger partial charge < -0.3 is 20.9 Å². The molecule has 0 atom stereocenters. The van der Waals surface area contributed by atoms with Gasteiger partial charge in [-0.3, -0.25) is 14.9 Å². The summed E-state index contributed by atoms with van der Waals surface area (Å²) in [6, 6.07) is 14.5. The van der Waals surface area contributed by atoms with Gasteiger partial charge in [0.1, 0.15) is 5.69 Å². The standard InChI is InChI=1S/C22H28N6O3.HI/c1-2-23-22(25-14-13-24-19-6-3-4-7-20(19)28(30)31)26-16-17-9-11-18(12-10-17)27-15-5-8-21(27)29;/h3-4,6-7,9-12,24H,2,5,8,13-16H2,1H3,(H2,23,25,26);1H. The summed E-state index contributed by atoms with van der Waals surface area (Å²) < 4.78 is 0. The molecule has 1 amide bonds. The van der Waals surface area contributed by atoms with Crippen molar-refractivity contribution in [2.75, 3.05) is 36.4 Å². The summed E-state index contributed by atoms with van der Waals surface area (Å²) in [7, 11) is 0. The highest BCUT2D eigenvalue weighted by molar-refractivity contribution is 14.0. The lowest BCUT2D eigenvalue weighted by atomic mass is 10.2. The SMILES string of the molecule is CCNC(=NCc1ccc(N2CCCC2=O)cc1)NCCNc1ccccc1[N+](=O)[O-].I. The molecule has 0 radical (unpaired) electrons. The van der Waals surface area contributed by atoms with E-state index in [0.717, 1.165) is 30.8 Å². The second kappa shape index (κ2) is 12.8. The molecule has 2 aromatic carbocycles. The molecule has 1 saturated heterocycles. The molecule has 0 unspecified atom stereocenters. The van der Waals surface area contributed by atoms with Gasteiger partial charge in [-0.15, -0.1) is 24.0 Å². The average Bonchev–Trinajstić information content (AvgIpc) is 3.21. The van der Waals surface area contributed by atoms with E-state index in [2.05, 4.69) is 20.9 Å². The van der Waals surface area contributed by atoms with E-state index in [9.17, 15) is 14.9 Å². The Morgan fingerprint density at radius 2 is 1.88 bits per heavy atom. The summed E-state index contributed by atoms with van der Waals surface area (Å²) in [6.45, 7) is 5.05. The van der Waals surface area contributed by atoms with E-state index in [1.807, 2.05) is 36.1 Å². The van der Waals surface area contributed by atoms with Crippen molar-refractivity contribution < 1.29 is 9.72 Å². The maximum atomic E-state index is 11.9. The van der Waals surface area contributed by atoms with Crippen LogP contribution in [0, 0.1) is 10.1 Å². The highest BCUT2D eigenvalue weighted by Crippen LogP contribution is 2.23. The molecule has 172 valence electrons. The third-order valence-electron chi connectivity index (χ3n) is 4.92. The zero-order valence-electron chi connectivity index (χ0n) is 18.0. The number of nitrogens with zero attached hydrogens (tertiary/aromatic N) is 3. The van der Waals surface area contributed by atoms with Crippen LogP contribution in [0.1, 0.15) is 25.3 Å². The van der Waals surface area contributed by atoms with Crippen LogP contribution in [0.3, 0.4) is 0 Å². The molecule has 0 aromatic heterocycles. The Morgan fingerprint density at radius 3 is 2.53 bits per heavy atom. The largest absolute Gasteiger partial charge is 0.378 e. The monoisotopic (exact) mass is 552 g/mol. The number of nitro groups is 1. The first-order valence-corrected chi connectivity index (χ1v) is 10.5. The topological polar surface area (TPSA) is 112 Å². The summed E-state index contributed by atoms with van der Waals surface area (Å²) >= 11 is 0. The number of nitro benzene ring substituents is 1. The fourth-order valence-corrected chi connectivity index (χ4v) is 3.37. The first kappa shape index (κ1) is 25.4. The van der Waals surface area contributed by atoms with Gasteiger partial charge in [-0.1, -0.05) is 24.3 Å². The molecule has 1 fully saturated rings. The number of benzene rings is 2. The van der Waals surface area contributed by atoms with Crippen LogP contribution in [-0.2, 0) is 11.3 Å². The van der Waals surface area contributed by atoms with Crippen LogP contribution < -0.4 is 20.9 Å². The molecule has 0 bridgehead atoms. The minimum atomic E-state index is -0.397. The van der Waals surface area contributed by atoms with Gasteiger partial charge >= 0.3 is 0 Å². The number of halogens is 1. The highest BCUT2D eigenvalue weighted by atomic mass is 127. The number of hydrogen-bond donors (Lipinski definition) is 3. The molecule has 1 aliphatic rings. The van der Waals surface area contributed by atoms with E-state index in [0.29, 0.717) is 37.7 Å². The molecule has 9 nitrogen and oxygen atoms in total. The zero-order chi connectivity index (χ0) is 22.1. The smallest absolute Gasteiger partial charge is 0.292 e. The van der Waals surface area contributed by atoms with Crippen molar-refractivity contribution in [3.63, 3.8) is 0 Å². The molecule has 3 N–H and O–H groups in total. The summed E-state index contributed by atoms with van der Waals surface area (Å²) in [4.78, 5) is 29.0. The van der Waals surface area contributed by atoms with Crippen LogP contribution in [0.5, 0.6) is 0 Å². The Balaban J connectivity index is 0.00000363. The van der Waals surface area contributed by atoms with Crippen molar-refractivity contribution in [3.8, 4) is 0 Å². The zero-order valence-corrected chi connectivity index (χ0v) is 20.4. The average molecular weight is 552 g/mol. The van der Waals surface area contributed by atoms with Crippen molar-refractivity contribution in [2.45, 2.75) is 26.3 Å². The number of aliphatic imine (C=N–C) groups is 1. The molecule has 3 rings (SSSR count). The van der Waals surface area contributed by atoms with Gasteiger partial charge in [0.25, 0.3) is 5.69 Å². The van der Waals surface area contributed by atoms with Crippen molar-refractivity contribution in [2.24, 2.45) is 4.99 Å². The highest BCUT2D eigenvalue weighted by Gasteiger charge is 2.21. The van der Waals surface area contributed by atoms with Crippen molar-refractivity contribution >= 4 is 52.9 Å². The van der Waals surface area contributed by atoms with E-state index in [1.54, 1.807) is 18.2 Å². The Morgan fingerprint density at radius 1 is 1.12 bits per heavy atom. The fourth-order valence-electron chi connectivity index (χ4n) is 3.37. The van der Waals surface area contributed by atoms with Crippen LogP contribution >= 0.6 is 24.0 Å². The number of carbonyl (C=O) groups excluding carboxylic acids is 1. The number of hydrogen-bond acceptors (Lipinski definition) is 5. The van der Waals surface area contributed by atoms with Gasteiger partial charge in [0.15, 0.2) is 5.96 Å². The number of nitrogens with one attached hydrogen (secondary N) is 3. The van der Waals surface area contributed by atoms with Crippen molar-refractivity contribution in [1.82, 2.24) is 10.6 Å². The summed E-state index contributed by atoms with van der Waals surface area (Å²) in [5.74, 6) is 0.851. The van der Waals surface area contributed by atoms with Crippen LogP contribution in [0.25, 0.3) is 0 Å². The van der Waals surface area contributed by atoms with E-state index < -0.39 is 4.92 Å². The van der Waals surface area contributed by atoms with Crippen LogP contribution in [0.2, 0.25) is 0 Å². The molecule has 32 heavy (non-hydrogen) atoms. The molecule has 0 aliphatic carbocycles. The molecular formula is C22H29IN6O3. The fraction of sp³-hybridized carbons (Fsp3) is 0.364. The predicted octanol–water partition coefficient (Wildman–Crippen LogP) is 3.51. The summed E-state index contributed by atoms with van der Waals surface area (Å²) in [5.41, 5.74) is 2.53. The number of carbonyl (C=O) groups is 1. The predicted molar refractivity (Wildman–Crippen MR) is 138 cm³/mol. The Labute approximate surface area is 204 Å². The number of para-hydroxylation sites is 2. The third-order valence-corrected chi connectivity index (χ3v) is 4.92. The maximum absolute atomic E-state index is 11.9. The minimum absolute atomic E-state index is 0. The summed E-state index contributed by atoms with van der Waals surface area (Å²) in [5, 5.41) is 20.6. The summed E-state index contributed by atoms with van der Waals surface area (Å²) in [6.07, 6.45) is 1.53. The van der Waals surface area contributed by atoms with E-state index in [1.165, 1.54) is 6.07 Å². The lowest BCUT2D eigenvalue weighted by Gasteiger charge is -2.16. The van der Waals surface area contributed by atoms with Gasteiger partial charge in [-0.25, -0.2) is 4.99 Å². The number of guanidine groups is 1. The molecule has 10 heteroatoms. The van der Waals surface area contributed by atoms with Gasteiger partial charge in [0.2, 0.25) is 5.91 Å². The normalized spacial score (nSPS) is 13.5. The Bertz CT molecular complexity index is 936. The molecule has 1 heterocycles. The minimum Gasteiger partial charge on any atom is -0.378 e. The van der Waals surface area contributed by atoms with Crippen molar-refractivity contribution in [3.05, 3.63) is 64.2 Å². The number of anilines is 2. The van der Waals surface area contributed by atoms with E-state index in [-0.39, 0.29) is 35.6 Å². The van der Waals surface area contributed by atoms with Crippen LogP contribution in [-0.4, -0.2) is 43.0 Å². The molecule has 2 aromatic rings. The lowest BCUT2D eigenvalue weighted by molar-refractivity contribution is -0.384. The van der Waals surface area contributed by atoms with Gasteiger partial charge in [-0.05, 0) is 37.1 Å². The first-order chi connectivity index (χ1) is 15.1. The molecule has 0 saturated carbocycles. The van der Waals surface area contributed by atoms with Gasteiger partial charge in [-0.2, -0.15) is 0 Å². The number of rotatable bonds is 9. The molecular weight excluding hydrogens is 523 g/mol. The van der Waals surface area contributed by atoms with E-state index >= 15 is 0 Å². The second-order valence-electron chi connectivity index (χ2n) is 7.14. The third kappa shape index (κ3) is 7.08. The van der Waals surface area contributed by atoms with Crippen molar-refractivity contribution in [1.29, 1.82) is 0 Å². The first-order valence-electron chi connectivity index (χ1n) is 10.5. The second-order valence-corrected chi connectivity index (χ2v) is 7.14. The van der Waals surface area contributed by atoms with Crippen LogP contribution in [0.15, 0.2) is 53.5 Å². The van der Waals surface area contributed by atoms with Gasteiger partial charge in [0, 0.05) is 44.4 Å². The van der Waals surface area contributed by atoms with Gasteiger partial charge in [0.05, 0.1) is 11.5 Å². The quantitative estimate of drug-likeness (QED) is 0.110. The maximum Gasteiger partial charge on any atom is 0.292 e. The molecule has 0 spiro atoms. The Hall–Kier alpha value is -2.89. The Kier molecular flexibility index (Phi) is 10.2. The lowest BCUT2D eigenvalue weighted by Crippen LogP contribution is -2.39. The van der Waals surface area contributed by atoms with Crippen LogP contribution in [0.4, 0.5) is 17.1 Å². The number of amides is 1. The van der Waals surface area contributed by atoms with E-state index in [4.69, 9.17) is 0 Å².